The van der Waals surface area contributed by atoms with E-state index in [0.29, 0.717) is 0 Å². The van der Waals surface area contributed by atoms with E-state index in [0.717, 1.165) is 147 Å². The average molecular weight is 998 g/mol. The Kier molecular flexibility index (Phi) is 16.0. The van der Waals surface area contributed by atoms with Crippen LogP contribution in [0.3, 0.4) is 0 Å². The maximum Gasteiger partial charge on any atom is -0.0173 e. The summed E-state index contributed by atoms with van der Waals surface area (Å²) >= 11 is 0. The van der Waals surface area contributed by atoms with Gasteiger partial charge in [0.25, 0.3) is 0 Å². The highest BCUT2D eigenvalue weighted by Gasteiger charge is 2.73. The SMILES string of the molecule is C1CCC(C2CCC(C3CCC4C5CCC(C6CCC(C7CCCCC7)CC6)CC5C5(C4C3)C3CC(C4CCC(C6CCCCC6)CC4)CCC3C3CCC(C4CCC(C6CCCCC6)CC4)CC35)CC2)CC1. The second-order valence-corrected chi connectivity index (χ2v) is 32.7. The summed E-state index contributed by atoms with van der Waals surface area (Å²) in [5.41, 5.74) is 0.733. The Hall–Kier alpha value is 0. The Labute approximate surface area is 453 Å². The second-order valence-electron chi connectivity index (χ2n) is 32.7. The van der Waals surface area contributed by atoms with Gasteiger partial charge in [-0.3, -0.25) is 0 Å². The number of rotatable bonds is 8. The lowest BCUT2D eigenvalue weighted by atomic mass is 9.49. The van der Waals surface area contributed by atoms with Crippen LogP contribution in [0.2, 0.25) is 0 Å². The molecule has 0 bridgehead atoms. The predicted molar refractivity (Wildman–Crippen MR) is 308 cm³/mol. The quantitative estimate of drug-likeness (QED) is 0.227. The molecule has 1 spiro atoms. The van der Waals surface area contributed by atoms with E-state index in [-0.39, 0.29) is 0 Å². The smallest absolute Gasteiger partial charge is 0.0173 e. The lowest BCUT2D eigenvalue weighted by Gasteiger charge is -2.56. The van der Waals surface area contributed by atoms with Gasteiger partial charge < -0.3 is 0 Å². The van der Waals surface area contributed by atoms with Crippen LogP contribution in [0.15, 0.2) is 0 Å². The van der Waals surface area contributed by atoms with Gasteiger partial charge in [-0.25, -0.2) is 0 Å². The van der Waals surface area contributed by atoms with Crippen molar-refractivity contribution >= 4 is 0 Å². The molecule has 14 rings (SSSR count). The van der Waals surface area contributed by atoms with E-state index < -0.39 is 0 Å². The summed E-state index contributed by atoms with van der Waals surface area (Å²) in [6.07, 6.45) is 77.9. The Balaban J connectivity index is 0.768. The van der Waals surface area contributed by atoms with Crippen LogP contribution in [0.5, 0.6) is 0 Å². The molecule has 0 heteroatoms. The fraction of sp³-hybridized carbons (Fsp3) is 1.00. The summed E-state index contributed by atoms with van der Waals surface area (Å²) in [5.74, 6) is 26.6. The molecular formula is C73H120. The summed E-state index contributed by atoms with van der Waals surface area (Å²) in [6.45, 7) is 0. The average Bonchev–Trinajstić information content (AvgIpc) is 3.95. The predicted octanol–water partition coefficient (Wildman–Crippen LogP) is 21.7. The molecule has 12 unspecified atom stereocenters. The Morgan fingerprint density at radius 1 is 0.137 bits per heavy atom. The molecule has 14 saturated carbocycles. The lowest BCUT2D eigenvalue weighted by molar-refractivity contribution is -0.0765. The van der Waals surface area contributed by atoms with Crippen molar-refractivity contribution in [3.05, 3.63) is 0 Å². The van der Waals surface area contributed by atoms with Crippen molar-refractivity contribution in [3.63, 3.8) is 0 Å². The van der Waals surface area contributed by atoms with Crippen molar-refractivity contribution < 1.29 is 0 Å². The van der Waals surface area contributed by atoms with Crippen LogP contribution in [-0.4, -0.2) is 0 Å². The molecule has 0 aromatic carbocycles. The molecule has 0 aromatic heterocycles. The van der Waals surface area contributed by atoms with Gasteiger partial charge in [0.1, 0.15) is 0 Å². The van der Waals surface area contributed by atoms with E-state index in [2.05, 4.69) is 0 Å². The molecule has 0 saturated heterocycles. The molecule has 14 fully saturated rings. The van der Waals surface area contributed by atoms with E-state index in [1.165, 1.54) is 25.7 Å². The number of hydrogen-bond acceptors (Lipinski definition) is 0. The molecular weight excluding hydrogens is 877 g/mol. The molecule has 0 heterocycles. The topological polar surface area (TPSA) is 0 Å². The van der Waals surface area contributed by atoms with Gasteiger partial charge in [0.05, 0.1) is 0 Å². The number of hydrogen-bond donors (Lipinski definition) is 0. The van der Waals surface area contributed by atoms with Gasteiger partial charge in [-0.05, 0) is 327 Å². The second kappa shape index (κ2) is 22.9. The summed E-state index contributed by atoms with van der Waals surface area (Å²) < 4.78 is 0. The van der Waals surface area contributed by atoms with Crippen molar-refractivity contribution in [2.45, 2.75) is 308 Å². The van der Waals surface area contributed by atoms with Crippen molar-refractivity contribution in [3.8, 4) is 0 Å². The zero-order valence-corrected chi connectivity index (χ0v) is 48.3. The van der Waals surface area contributed by atoms with Crippen molar-refractivity contribution in [2.24, 2.45) is 147 Å². The number of fused-ring (bicyclic) bond motifs is 10. The van der Waals surface area contributed by atoms with Gasteiger partial charge >= 0.3 is 0 Å². The summed E-state index contributed by atoms with van der Waals surface area (Å²) in [4.78, 5) is 0. The first-order valence-corrected chi connectivity index (χ1v) is 36.2. The van der Waals surface area contributed by atoms with Crippen molar-refractivity contribution in [1.29, 1.82) is 0 Å². The molecule has 0 N–H and O–H groups in total. The first-order valence-electron chi connectivity index (χ1n) is 36.2. The third-order valence-corrected chi connectivity index (χ3v) is 30.6. The van der Waals surface area contributed by atoms with Crippen LogP contribution in [0.25, 0.3) is 0 Å². The molecule has 14 aliphatic rings. The van der Waals surface area contributed by atoms with Crippen LogP contribution < -0.4 is 0 Å². The highest BCUT2D eigenvalue weighted by molar-refractivity contribution is 5.21. The van der Waals surface area contributed by atoms with Crippen molar-refractivity contribution in [2.75, 3.05) is 0 Å². The molecule has 0 nitrogen and oxygen atoms in total. The Bertz CT molecular complexity index is 1450. The van der Waals surface area contributed by atoms with E-state index in [1.807, 2.05) is 0 Å². The van der Waals surface area contributed by atoms with Gasteiger partial charge in [-0.1, -0.05) is 128 Å². The molecule has 412 valence electrons. The minimum atomic E-state index is 0.733. The zero-order chi connectivity index (χ0) is 48.3. The van der Waals surface area contributed by atoms with E-state index in [4.69, 9.17) is 0 Å². The Morgan fingerprint density at radius 3 is 0.479 bits per heavy atom. The van der Waals surface area contributed by atoms with Gasteiger partial charge in [0.15, 0.2) is 0 Å². The van der Waals surface area contributed by atoms with Gasteiger partial charge in [0.2, 0.25) is 0 Å². The Morgan fingerprint density at radius 2 is 0.288 bits per heavy atom. The minimum Gasteiger partial charge on any atom is -0.0533 e. The molecule has 0 amide bonds. The maximum atomic E-state index is 1.74. The first kappa shape index (κ1) is 51.2. The molecule has 0 aliphatic heterocycles. The van der Waals surface area contributed by atoms with Crippen LogP contribution in [0, 0.1) is 147 Å². The van der Waals surface area contributed by atoms with Crippen LogP contribution in [-0.2, 0) is 0 Å². The molecule has 14 aliphatic carbocycles. The third-order valence-electron chi connectivity index (χ3n) is 30.6. The van der Waals surface area contributed by atoms with Crippen molar-refractivity contribution in [1.82, 2.24) is 0 Å². The summed E-state index contributed by atoms with van der Waals surface area (Å²) in [7, 11) is 0. The van der Waals surface area contributed by atoms with E-state index >= 15 is 0 Å². The van der Waals surface area contributed by atoms with Crippen LogP contribution in [0.1, 0.15) is 308 Å². The van der Waals surface area contributed by atoms with Crippen LogP contribution in [0.4, 0.5) is 0 Å². The van der Waals surface area contributed by atoms with Gasteiger partial charge in [0, 0.05) is 0 Å². The fourth-order valence-electron chi connectivity index (χ4n) is 27.4. The molecule has 0 radical (unpaired) electrons. The minimum absolute atomic E-state index is 0.733. The van der Waals surface area contributed by atoms with Crippen LogP contribution >= 0.6 is 0 Å². The zero-order valence-electron chi connectivity index (χ0n) is 48.3. The summed E-state index contributed by atoms with van der Waals surface area (Å²) in [6, 6.07) is 0. The van der Waals surface area contributed by atoms with Gasteiger partial charge in [-0.15, -0.1) is 0 Å². The van der Waals surface area contributed by atoms with E-state index in [1.54, 1.807) is 283 Å². The maximum absolute atomic E-state index is 1.74. The fourth-order valence-corrected chi connectivity index (χ4v) is 27.4. The highest BCUT2D eigenvalue weighted by Crippen LogP contribution is 2.80. The van der Waals surface area contributed by atoms with Gasteiger partial charge in [-0.2, -0.15) is 0 Å². The third kappa shape index (κ3) is 9.98. The largest absolute Gasteiger partial charge is 0.0533 e. The summed E-state index contributed by atoms with van der Waals surface area (Å²) in [5, 5.41) is 0. The first-order chi connectivity index (χ1) is 36.2. The monoisotopic (exact) mass is 997 g/mol. The van der Waals surface area contributed by atoms with E-state index in [9.17, 15) is 0 Å². The lowest BCUT2D eigenvalue weighted by Crippen LogP contribution is -2.50. The standard InChI is InChI=1S/C73H120/c1-5-13-49(14-6-1)53-21-29-57(30-22-53)61-37-41-65-66-42-38-62(58-31-23-54(24-32-58)50-15-7-2-8-16-50)46-70(66)73(69(65)45-61)71-47-63(59-33-25-55(26-34-59)51-17-9-3-10-18-51)39-43-67(71)68-44-40-64(48-72(68)73)60-35-27-56(28-36-60)52-19-11-4-12-20-52/h49-72H,1-48H2. The molecule has 12 atom stereocenters. The normalized spacial score (nSPS) is 51.0. The molecule has 73 heavy (non-hydrogen) atoms. The molecule has 0 aromatic rings. The highest BCUT2D eigenvalue weighted by atomic mass is 14.8.